The van der Waals surface area contributed by atoms with Gasteiger partial charge >= 0.3 is 0 Å². The van der Waals surface area contributed by atoms with Crippen LogP contribution >= 0.6 is 0 Å². The minimum absolute atomic E-state index is 0.0105. The Morgan fingerprint density at radius 2 is 2.24 bits per heavy atom. The molecule has 1 aromatic rings. The number of anilines is 2. The minimum atomic E-state index is -0.167. The number of amides is 1. The maximum absolute atomic E-state index is 12.0. The molecule has 1 aromatic carbocycles. The summed E-state index contributed by atoms with van der Waals surface area (Å²) in [4.78, 5) is 12.0. The van der Waals surface area contributed by atoms with Crippen molar-refractivity contribution in [3.63, 3.8) is 0 Å². The van der Waals surface area contributed by atoms with E-state index in [9.17, 15) is 4.79 Å². The zero-order valence-corrected chi connectivity index (χ0v) is 10.4. The quantitative estimate of drug-likeness (QED) is 0.844. The van der Waals surface area contributed by atoms with E-state index in [1.54, 1.807) is 7.11 Å². The van der Waals surface area contributed by atoms with Crippen LogP contribution in [0.25, 0.3) is 0 Å². The number of carbonyl (C=O) groups excluding carboxylic acids is 1. The smallest absolute Gasteiger partial charge is 0.247 e. The van der Waals surface area contributed by atoms with Crippen LogP contribution in [0.15, 0.2) is 18.2 Å². The van der Waals surface area contributed by atoms with Crippen molar-refractivity contribution in [3.05, 3.63) is 18.2 Å². The molecule has 4 heteroatoms. The topological polar surface area (TPSA) is 50.4 Å². The van der Waals surface area contributed by atoms with Gasteiger partial charge in [0.2, 0.25) is 5.91 Å². The SMILES string of the molecule is CCC(C)C1Nc2cccc(OC)c2NC1=O. The average Bonchev–Trinajstić information content (AvgIpc) is 2.36. The Morgan fingerprint density at radius 1 is 1.47 bits per heavy atom. The fourth-order valence-corrected chi connectivity index (χ4v) is 2.02. The molecule has 2 N–H and O–H groups in total. The molecule has 0 aromatic heterocycles. The monoisotopic (exact) mass is 234 g/mol. The molecule has 92 valence electrons. The first-order chi connectivity index (χ1) is 8.17. The van der Waals surface area contributed by atoms with Crippen LogP contribution in [-0.4, -0.2) is 19.1 Å². The third kappa shape index (κ3) is 2.07. The second-order valence-electron chi connectivity index (χ2n) is 4.38. The van der Waals surface area contributed by atoms with Gasteiger partial charge < -0.3 is 15.4 Å². The molecule has 2 unspecified atom stereocenters. The normalized spacial score (nSPS) is 19.9. The zero-order valence-electron chi connectivity index (χ0n) is 10.4. The van der Waals surface area contributed by atoms with Crippen molar-refractivity contribution < 1.29 is 9.53 Å². The van der Waals surface area contributed by atoms with Crippen molar-refractivity contribution >= 4 is 17.3 Å². The first kappa shape index (κ1) is 11.8. The van der Waals surface area contributed by atoms with Crippen LogP contribution in [0.1, 0.15) is 20.3 Å². The van der Waals surface area contributed by atoms with Crippen LogP contribution < -0.4 is 15.4 Å². The molecule has 2 rings (SSSR count). The van der Waals surface area contributed by atoms with Crippen molar-refractivity contribution in [1.82, 2.24) is 0 Å². The maximum atomic E-state index is 12.0. The zero-order chi connectivity index (χ0) is 12.4. The number of ether oxygens (including phenoxy) is 1. The highest BCUT2D eigenvalue weighted by atomic mass is 16.5. The molecular weight excluding hydrogens is 216 g/mol. The molecule has 1 aliphatic rings. The van der Waals surface area contributed by atoms with Gasteiger partial charge in [-0.2, -0.15) is 0 Å². The van der Waals surface area contributed by atoms with E-state index in [0.717, 1.165) is 17.8 Å². The summed E-state index contributed by atoms with van der Waals surface area (Å²) in [6, 6.07) is 5.53. The number of nitrogens with one attached hydrogen (secondary N) is 2. The molecule has 0 aliphatic carbocycles. The third-order valence-corrected chi connectivity index (χ3v) is 3.30. The fraction of sp³-hybridized carbons (Fsp3) is 0.462. The van der Waals surface area contributed by atoms with E-state index in [1.807, 2.05) is 18.2 Å². The highest BCUT2D eigenvalue weighted by Crippen LogP contribution is 2.36. The van der Waals surface area contributed by atoms with E-state index in [0.29, 0.717) is 11.7 Å². The van der Waals surface area contributed by atoms with E-state index in [-0.39, 0.29) is 11.9 Å². The lowest BCUT2D eigenvalue weighted by Crippen LogP contribution is -2.43. The van der Waals surface area contributed by atoms with Crippen molar-refractivity contribution in [1.29, 1.82) is 0 Å². The second kappa shape index (κ2) is 4.65. The van der Waals surface area contributed by atoms with Crippen LogP contribution in [0.3, 0.4) is 0 Å². The Labute approximate surface area is 101 Å². The third-order valence-electron chi connectivity index (χ3n) is 3.30. The van der Waals surface area contributed by atoms with E-state index in [4.69, 9.17) is 4.74 Å². The van der Waals surface area contributed by atoms with Gasteiger partial charge in [0.15, 0.2) is 0 Å². The lowest BCUT2D eigenvalue weighted by molar-refractivity contribution is -0.118. The van der Waals surface area contributed by atoms with Crippen molar-refractivity contribution in [2.45, 2.75) is 26.3 Å². The van der Waals surface area contributed by atoms with Crippen LogP contribution in [0.2, 0.25) is 0 Å². The highest BCUT2D eigenvalue weighted by molar-refractivity contribution is 6.04. The van der Waals surface area contributed by atoms with Gasteiger partial charge in [-0.3, -0.25) is 4.79 Å². The number of fused-ring (bicyclic) bond motifs is 1. The largest absolute Gasteiger partial charge is 0.494 e. The van der Waals surface area contributed by atoms with Gasteiger partial charge in [0.1, 0.15) is 17.5 Å². The summed E-state index contributed by atoms with van der Waals surface area (Å²) in [5, 5.41) is 6.20. The summed E-state index contributed by atoms with van der Waals surface area (Å²) >= 11 is 0. The standard InChI is InChI=1S/C13H18N2O2/c1-4-8(2)11-13(16)15-12-9(14-11)6-5-7-10(12)17-3/h5-8,11,14H,4H2,1-3H3,(H,15,16). The number of hydrogen-bond acceptors (Lipinski definition) is 3. The van der Waals surface area contributed by atoms with E-state index < -0.39 is 0 Å². The molecular formula is C13H18N2O2. The molecule has 17 heavy (non-hydrogen) atoms. The van der Waals surface area contributed by atoms with Gasteiger partial charge in [-0.1, -0.05) is 26.3 Å². The van der Waals surface area contributed by atoms with Crippen LogP contribution in [-0.2, 0) is 4.79 Å². The molecule has 0 saturated heterocycles. The molecule has 1 amide bonds. The van der Waals surface area contributed by atoms with Crippen LogP contribution in [0, 0.1) is 5.92 Å². The number of benzene rings is 1. The minimum Gasteiger partial charge on any atom is -0.494 e. The molecule has 0 bridgehead atoms. The average molecular weight is 234 g/mol. The van der Waals surface area contributed by atoms with Crippen molar-refractivity contribution in [2.24, 2.45) is 5.92 Å². The molecule has 1 aliphatic heterocycles. The molecule has 2 atom stereocenters. The Kier molecular flexibility index (Phi) is 3.22. The fourth-order valence-electron chi connectivity index (χ4n) is 2.02. The molecule has 0 radical (unpaired) electrons. The molecule has 0 saturated carbocycles. The van der Waals surface area contributed by atoms with Gasteiger partial charge in [0.05, 0.1) is 12.8 Å². The van der Waals surface area contributed by atoms with Crippen LogP contribution in [0.5, 0.6) is 5.75 Å². The van der Waals surface area contributed by atoms with E-state index >= 15 is 0 Å². The number of hydrogen-bond donors (Lipinski definition) is 2. The predicted octanol–water partition coefficient (Wildman–Crippen LogP) is 2.47. The number of methoxy groups -OCH3 is 1. The summed E-state index contributed by atoms with van der Waals surface area (Å²) in [5.74, 6) is 0.997. The Balaban J connectivity index is 2.33. The summed E-state index contributed by atoms with van der Waals surface area (Å²) in [6.07, 6.45) is 0.963. The Morgan fingerprint density at radius 3 is 2.88 bits per heavy atom. The number of carbonyl (C=O) groups is 1. The van der Waals surface area contributed by atoms with Crippen molar-refractivity contribution in [2.75, 3.05) is 17.7 Å². The van der Waals surface area contributed by atoms with Crippen molar-refractivity contribution in [3.8, 4) is 5.75 Å². The predicted molar refractivity (Wildman–Crippen MR) is 68.5 cm³/mol. The lowest BCUT2D eigenvalue weighted by atomic mass is 9.96. The summed E-state index contributed by atoms with van der Waals surface area (Å²) in [6.45, 7) is 4.16. The second-order valence-corrected chi connectivity index (χ2v) is 4.38. The molecule has 0 fully saturated rings. The van der Waals surface area contributed by atoms with E-state index in [1.165, 1.54) is 0 Å². The number of rotatable bonds is 3. The molecule has 4 nitrogen and oxygen atoms in total. The highest BCUT2D eigenvalue weighted by Gasteiger charge is 2.30. The lowest BCUT2D eigenvalue weighted by Gasteiger charge is -2.31. The van der Waals surface area contributed by atoms with E-state index in [2.05, 4.69) is 24.5 Å². The maximum Gasteiger partial charge on any atom is 0.247 e. The van der Waals surface area contributed by atoms with Gasteiger partial charge in [0, 0.05) is 0 Å². The van der Waals surface area contributed by atoms with Crippen LogP contribution in [0.4, 0.5) is 11.4 Å². The number of para-hydroxylation sites is 1. The first-order valence-corrected chi connectivity index (χ1v) is 5.91. The Bertz CT molecular complexity index is 431. The van der Waals surface area contributed by atoms with Gasteiger partial charge in [0.25, 0.3) is 0 Å². The first-order valence-electron chi connectivity index (χ1n) is 5.91. The summed E-state index contributed by atoms with van der Waals surface area (Å²) in [5.41, 5.74) is 1.66. The van der Waals surface area contributed by atoms with Gasteiger partial charge in [-0.15, -0.1) is 0 Å². The molecule has 1 heterocycles. The molecule has 0 spiro atoms. The summed E-state index contributed by atoms with van der Waals surface area (Å²) in [7, 11) is 1.60. The van der Waals surface area contributed by atoms with Gasteiger partial charge in [-0.25, -0.2) is 0 Å². The summed E-state index contributed by atoms with van der Waals surface area (Å²) < 4.78 is 5.23. The Hall–Kier alpha value is -1.71. The van der Waals surface area contributed by atoms with Gasteiger partial charge in [-0.05, 0) is 18.1 Å².